The van der Waals surface area contributed by atoms with Gasteiger partial charge in [0.1, 0.15) is 0 Å². The summed E-state index contributed by atoms with van der Waals surface area (Å²) >= 11 is 0. The van der Waals surface area contributed by atoms with Gasteiger partial charge in [0.05, 0.1) is 13.5 Å². The number of amides is 2. The molecule has 0 bridgehead atoms. The molecule has 0 aliphatic carbocycles. The van der Waals surface area contributed by atoms with Gasteiger partial charge in [0.25, 0.3) is 5.91 Å². The number of methoxy groups -OCH3 is 1. The lowest BCUT2D eigenvalue weighted by Gasteiger charge is -2.10. The van der Waals surface area contributed by atoms with Gasteiger partial charge in [-0.1, -0.05) is 6.92 Å². The van der Waals surface area contributed by atoms with Crippen molar-refractivity contribution in [2.24, 2.45) is 11.7 Å². The quantitative estimate of drug-likeness (QED) is 0.636. The minimum Gasteiger partial charge on any atom is -0.469 e. The molecule has 7 heteroatoms. The molecule has 0 spiro atoms. The summed E-state index contributed by atoms with van der Waals surface area (Å²) in [6.45, 7) is 2.21. The summed E-state index contributed by atoms with van der Waals surface area (Å²) in [7, 11) is 1.29. The second-order valence-electron chi connectivity index (χ2n) is 4.79. The molecule has 1 aromatic rings. The van der Waals surface area contributed by atoms with E-state index < -0.39 is 0 Å². The normalized spacial score (nSPS) is 11.4. The molecule has 2 amide bonds. The van der Waals surface area contributed by atoms with Gasteiger partial charge in [0, 0.05) is 30.3 Å². The van der Waals surface area contributed by atoms with Gasteiger partial charge in [-0.3, -0.25) is 14.4 Å². The van der Waals surface area contributed by atoms with Crippen LogP contribution in [0.5, 0.6) is 0 Å². The maximum Gasteiger partial charge on any atom is 0.307 e. The summed E-state index contributed by atoms with van der Waals surface area (Å²) in [5.74, 6) is -1.12. The number of anilines is 1. The van der Waals surface area contributed by atoms with Crippen molar-refractivity contribution in [3.63, 3.8) is 0 Å². The molecule has 0 aromatic heterocycles. The number of carbonyl (C=O) groups is 3. The molecule has 1 rings (SSSR count). The van der Waals surface area contributed by atoms with Crippen molar-refractivity contribution in [2.45, 2.75) is 13.3 Å². The summed E-state index contributed by atoms with van der Waals surface area (Å²) in [4.78, 5) is 34.5. The van der Waals surface area contributed by atoms with E-state index in [4.69, 9.17) is 5.73 Å². The molecule has 22 heavy (non-hydrogen) atoms. The summed E-state index contributed by atoms with van der Waals surface area (Å²) in [6, 6.07) is 6.46. The van der Waals surface area contributed by atoms with E-state index in [9.17, 15) is 14.4 Å². The molecule has 0 fully saturated rings. The van der Waals surface area contributed by atoms with Crippen LogP contribution in [0.3, 0.4) is 0 Å². The Hall–Kier alpha value is -2.41. The van der Waals surface area contributed by atoms with Gasteiger partial charge in [-0.05, 0) is 24.3 Å². The molecule has 0 heterocycles. The smallest absolute Gasteiger partial charge is 0.307 e. The fourth-order valence-corrected chi connectivity index (χ4v) is 1.56. The molecule has 0 saturated carbocycles. The summed E-state index contributed by atoms with van der Waals surface area (Å²) in [6.07, 6.45) is 0.118. The second-order valence-corrected chi connectivity index (χ2v) is 4.79. The van der Waals surface area contributed by atoms with Gasteiger partial charge in [-0.2, -0.15) is 0 Å². The fraction of sp³-hybridized carbons (Fsp3) is 0.400. The molecule has 1 atom stereocenters. The highest BCUT2D eigenvalue weighted by atomic mass is 16.5. The number of nitrogens with one attached hydrogen (secondary N) is 2. The number of ether oxygens (including phenoxy) is 1. The van der Waals surface area contributed by atoms with Gasteiger partial charge >= 0.3 is 5.97 Å². The molecule has 4 N–H and O–H groups in total. The van der Waals surface area contributed by atoms with Gasteiger partial charge in [-0.15, -0.1) is 0 Å². The fourth-order valence-electron chi connectivity index (χ4n) is 1.56. The van der Waals surface area contributed by atoms with Crippen LogP contribution in [-0.4, -0.2) is 38.0 Å². The van der Waals surface area contributed by atoms with Crippen molar-refractivity contribution in [1.29, 1.82) is 0 Å². The molecule has 120 valence electrons. The summed E-state index contributed by atoms with van der Waals surface area (Å²) < 4.78 is 4.48. The first kappa shape index (κ1) is 17.6. The van der Waals surface area contributed by atoms with E-state index in [1.807, 2.05) is 0 Å². The van der Waals surface area contributed by atoms with E-state index in [1.165, 1.54) is 7.11 Å². The van der Waals surface area contributed by atoms with Gasteiger partial charge in [0.2, 0.25) is 5.91 Å². The van der Waals surface area contributed by atoms with E-state index in [2.05, 4.69) is 15.4 Å². The van der Waals surface area contributed by atoms with Crippen LogP contribution < -0.4 is 16.4 Å². The molecule has 1 aromatic carbocycles. The monoisotopic (exact) mass is 307 g/mol. The minimum absolute atomic E-state index is 0.118. The highest BCUT2D eigenvalue weighted by Gasteiger charge is 2.11. The largest absolute Gasteiger partial charge is 0.469 e. The Labute approximate surface area is 129 Å². The highest BCUT2D eigenvalue weighted by molar-refractivity contribution is 5.96. The molecular weight excluding hydrogens is 286 g/mol. The van der Waals surface area contributed by atoms with Crippen LogP contribution in [0.25, 0.3) is 0 Å². The van der Waals surface area contributed by atoms with Crippen LogP contribution in [0.4, 0.5) is 5.69 Å². The zero-order valence-corrected chi connectivity index (χ0v) is 12.7. The SMILES string of the molecule is COC(=O)CCNC(=O)c1ccc(NC(=O)C(C)CN)cc1. The van der Waals surface area contributed by atoms with Gasteiger partial charge in [-0.25, -0.2) is 0 Å². The van der Waals surface area contributed by atoms with Crippen LogP contribution in [0.2, 0.25) is 0 Å². The van der Waals surface area contributed by atoms with Gasteiger partial charge in [0.15, 0.2) is 0 Å². The van der Waals surface area contributed by atoms with Crippen molar-refractivity contribution >= 4 is 23.5 Å². The maximum absolute atomic E-state index is 11.8. The third-order valence-corrected chi connectivity index (χ3v) is 3.06. The zero-order chi connectivity index (χ0) is 16.5. The number of hydrogen-bond acceptors (Lipinski definition) is 5. The summed E-state index contributed by atoms with van der Waals surface area (Å²) in [5.41, 5.74) is 6.46. The Morgan fingerprint density at radius 3 is 2.41 bits per heavy atom. The van der Waals surface area contributed by atoms with Crippen LogP contribution in [0, 0.1) is 5.92 Å². The van der Waals surface area contributed by atoms with Crippen LogP contribution >= 0.6 is 0 Å². The van der Waals surface area contributed by atoms with Crippen LogP contribution in [-0.2, 0) is 14.3 Å². The molecule has 0 radical (unpaired) electrons. The second kappa shape index (κ2) is 8.78. The Morgan fingerprint density at radius 1 is 1.23 bits per heavy atom. The highest BCUT2D eigenvalue weighted by Crippen LogP contribution is 2.11. The predicted molar refractivity (Wildman–Crippen MR) is 82.3 cm³/mol. The standard InChI is InChI=1S/C15H21N3O4/c1-10(9-16)14(20)18-12-5-3-11(4-6-12)15(21)17-8-7-13(19)22-2/h3-6,10H,7-9,16H2,1-2H3,(H,17,21)(H,18,20). The van der Waals surface area contributed by atoms with Crippen molar-refractivity contribution in [2.75, 3.05) is 25.5 Å². The molecule has 0 aliphatic rings. The predicted octanol–water partition coefficient (Wildman–Crippen LogP) is 0.513. The average Bonchev–Trinajstić information content (AvgIpc) is 2.54. The lowest BCUT2D eigenvalue weighted by atomic mass is 10.1. The first-order valence-electron chi connectivity index (χ1n) is 6.94. The van der Waals surface area contributed by atoms with E-state index >= 15 is 0 Å². The van der Waals surface area contributed by atoms with Crippen molar-refractivity contribution in [1.82, 2.24) is 5.32 Å². The number of rotatable bonds is 7. The Bertz CT molecular complexity index is 528. The number of carbonyl (C=O) groups excluding carboxylic acids is 3. The molecule has 0 saturated heterocycles. The molecular formula is C15H21N3O4. The Balaban J connectivity index is 2.52. The molecule has 0 aliphatic heterocycles. The number of hydrogen-bond donors (Lipinski definition) is 3. The minimum atomic E-state index is -0.382. The van der Waals surface area contributed by atoms with E-state index in [-0.39, 0.29) is 43.2 Å². The Morgan fingerprint density at radius 2 is 1.86 bits per heavy atom. The number of esters is 1. The van der Waals surface area contributed by atoms with Crippen molar-refractivity contribution in [3.8, 4) is 0 Å². The van der Waals surface area contributed by atoms with E-state index in [1.54, 1.807) is 31.2 Å². The molecule has 7 nitrogen and oxygen atoms in total. The third kappa shape index (κ3) is 5.53. The lowest BCUT2D eigenvalue weighted by Crippen LogP contribution is -2.27. The first-order chi connectivity index (χ1) is 10.5. The first-order valence-corrected chi connectivity index (χ1v) is 6.94. The third-order valence-electron chi connectivity index (χ3n) is 3.06. The van der Waals surface area contributed by atoms with Gasteiger partial charge < -0.3 is 21.1 Å². The van der Waals surface area contributed by atoms with Crippen molar-refractivity contribution in [3.05, 3.63) is 29.8 Å². The average molecular weight is 307 g/mol. The number of nitrogens with two attached hydrogens (primary N) is 1. The maximum atomic E-state index is 11.8. The Kier molecular flexibility index (Phi) is 7.04. The van der Waals surface area contributed by atoms with Crippen LogP contribution in [0.15, 0.2) is 24.3 Å². The van der Waals surface area contributed by atoms with Crippen LogP contribution in [0.1, 0.15) is 23.7 Å². The summed E-state index contributed by atoms with van der Waals surface area (Å²) in [5, 5.41) is 5.32. The number of benzene rings is 1. The zero-order valence-electron chi connectivity index (χ0n) is 12.7. The molecule has 1 unspecified atom stereocenters. The van der Waals surface area contributed by atoms with E-state index in [0.717, 1.165) is 0 Å². The lowest BCUT2D eigenvalue weighted by molar-refractivity contribution is -0.140. The topological polar surface area (TPSA) is 111 Å². The van der Waals surface area contributed by atoms with E-state index in [0.29, 0.717) is 11.3 Å². The van der Waals surface area contributed by atoms with Crippen molar-refractivity contribution < 1.29 is 19.1 Å².